The van der Waals surface area contributed by atoms with Crippen LogP contribution < -0.4 is 4.90 Å². The molecule has 3 atom stereocenters. The van der Waals surface area contributed by atoms with E-state index in [9.17, 15) is 4.79 Å². The van der Waals surface area contributed by atoms with Crippen LogP contribution in [0.25, 0.3) is 0 Å². The van der Waals surface area contributed by atoms with Gasteiger partial charge in [0.25, 0.3) is 0 Å². The lowest BCUT2D eigenvalue weighted by Crippen LogP contribution is -2.50. The van der Waals surface area contributed by atoms with Crippen LogP contribution in [0, 0.1) is 11.8 Å². The molecule has 1 amide bonds. The van der Waals surface area contributed by atoms with Crippen LogP contribution in [-0.2, 0) is 11.2 Å². The molecular formula is C20H24N4O. The zero-order chi connectivity index (χ0) is 17.4. The molecule has 1 fully saturated rings. The Kier molecular flexibility index (Phi) is 4.15. The molecule has 1 aromatic heterocycles. The molecule has 0 bridgehead atoms. The molecule has 25 heavy (non-hydrogen) atoms. The lowest BCUT2D eigenvalue weighted by atomic mass is 9.91. The predicted molar refractivity (Wildman–Crippen MR) is 97.6 cm³/mol. The molecule has 1 aromatic carbocycles. The van der Waals surface area contributed by atoms with E-state index in [1.165, 1.54) is 12.0 Å². The number of nitrogens with zero attached hydrogens (tertiary/aromatic N) is 4. The summed E-state index contributed by atoms with van der Waals surface area (Å²) in [5, 5.41) is 0. The summed E-state index contributed by atoms with van der Waals surface area (Å²) in [6.45, 7) is 6.17. The normalized spacial score (nSPS) is 25.8. The van der Waals surface area contributed by atoms with Crippen LogP contribution >= 0.6 is 0 Å². The summed E-state index contributed by atoms with van der Waals surface area (Å²) in [6, 6.07) is 7.99. The molecule has 5 heteroatoms. The maximum Gasteiger partial charge on any atom is 0.246 e. The molecule has 5 nitrogen and oxygen atoms in total. The van der Waals surface area contributed by atoms with Crippen LogP contribution in [0.3, 0.4) is 0 Å². The van der Waals surface area contributed by atoms with Crippen molar-refractivity contribution in [3.05, 3.63) is 48.4 Å². The van der Waals surface area contributed by atoms with Crippen LogP contribution in [0.2, 0.25) is 0 Å². The number of hydrogen-bond acceptors (Lipinski definition) is 4. The fourth-order valence-corrected chi connectivity index (χ4v) is 4.34. The summed E-state index contributed by atoms with van der Waals surface area (Å²) in [7, 11) is 0. The van der Waals surface area contributed by atoms with Crippen molar-refractivity contribution in [3.8, 4) is 0 Å². The van der Waals surface area contributed by atoms with Gasteiger partial charge in [-0.2, -0.15) is 0 Å². The number of hydrogen-bond donors (Lipinski definition) is 0. The Hall–Kier alpha value is -2.43. The predicted octanol–water partition coefficient (Wildman–Crippen LogP) is 3.04. The van der Waals surface area contributed by atoms with E-state index in [-0.39, 0.29) is 11.9 Å². The topological polar surface area (TPSA) is 49.3 Å². The molecule has 0 spiro atoms. The highest BCUT2D eigenvalue weighted by atomic mass is 16.2. The third-order valence-electron chi connectivity index (χ3n) is 5.24. The van der Waals surface area contributed by atoms with E-state index in [2.05, 4.69) is 45.7 Å². The fraction of sp³-hybridized carbons (Fsp3) is 0.450. The van der Waals surface area contributed by atoms with Crippen molar-refractivity contribution in [2.75, 3.05) is 18.0 Å². The van der Waals surface area contributed by atoms with E-state index < -0.39 is 0 Å². The van der Waals surface area contributed by atoms with Gasteiger partial charge >= 0.3 is 0 Å². The minimum absolute atomic E-state index is 0.209. The Bertz CT molecular complexity index is 753. The molecule has 2 aliphatic heterocycles. The summed E-state index contributed by atoms with van der Waals surface area (Å²) in [6.07, 6.45) is 7.01. The molecule has 0 N–H and O–H groups in total. The summed E-state index contributed by atoms with van der Waals surface area (Å²) < 4.78 is 0. The van der Waals surface area contributed by atoms with E-state index in [0.717, 1.165) is 31.0 Å². The van der Waals surface area contributed by atoms with Gasteiger partial charge in [0.05, 0.1) is 6.20 Å². The zero-order valence-corrected chi connectivity index (χ0v) is 14.8. The number of amides is 1. The van der Waals surface area contributed by atoms with Gasteiger partial charge in [-0.25, -0.2) is 4.98 Å². The minimum Gasteiger partial charge on any atom is -0.340 e. The highest BCUT2D eigenvalue weighted by molar-refractivity contribution is 5.91. The Morgan fingerprint density at radius 1 is 1.12 bits per heavy atom. The first kappa shape index (κ1) is 16.1. The molecule has 130 valence electrons. The van der Waals surface area contributed by atoms with Crippen molar-refractivity contribution in [1.29, 1.82) is 0 Å². The largest absolute Gasteiger partial charge is 0.340 e. The molecule has 1 saturated heterocycles. The van der Waals surface area contributed by atoms with Gasteiger partial charge in [-0.1, -0.05) is 32.0 Å². The van der Waals surface area contributed by atoms with Gasteiger partial charge in [0.1, 0.15) is 6.04 Å². The van der Waals surface area contributed by atoms with Gasteiger partial charge in [0.2, 0.25) is 5.91 Å². The second-order valence-electron chi connectivity index (χ2n) is 7.47. The molecule has 2 aromatic rings. The number of para-hydroxylation sites is 1. The monoisotopic (exact) mass is 336 g/mol. The van der Waals surface area contributed by atoms with E-state index in [0.29, 0.717) is 11.8 Å². The van der Waals surface area contributed by atoms with Crippen molar-refractivity contribution < 1.29 is 4.79 Å². The van der Waals surface area contributed by atoms with E-state index in [1.54, 1.807) is 18.6 Å². The van der Waals surface area contributed by atoms with Crippen molar-refractivity contribution in [2.45, 2.75) is 32.7 Å². The van der Waals surface area contributed by atoms with Crippen LogP contribution in [0.15, 0.2) is 42.9 Å². The van der Waals surface area contributed by atoms with Crippen LogP contribution in [0.5, 0.6) is 0 Å². The van der Waals surface area contributed by atoms with E-state index in [4.69, 9.17) is 0 Å². The van der Waals surface area contributed by atoms with E-state index in [1.807, 2.05) is 12.1 Å². The van der Waals surface area contributed by atoms with Crippen LogP contribution in [-0.4, -0.2) is 39.9 Å². The highest BCUT2D eigenvalue weighted by Crippen LogP contribution is 2.38. The molecule has 0 aliphatic carbocycles. The Balaban J connectivity index is 1.67. The van der Waals surface area contributed by atoms with E-state index >= 15 is 0 Å². The fourth-order valence-electron chi connectivity index (χ4n) is 4.34. The molecule has 2 aliphatic rings. The number of aromatic nitrogens is 2. The lowest BCUT2D eigenvalue weighted by Gasteiger charge is -2.38. The third kappa shape index (κ3) is 2.99. The lowest BCUT2D eigenvalue weighted by molar-refractivity contribution is -0.135. The van der Waals surface area contributed by atoms with Gasteiger partial charge in [0.15, 0.2) is 5.82 Å². The van der Waals surface area contributed by atoms with Gasteiger partial charge in [-0.3, -0.25) is 9.78 Å². The minimum atomic E-state index is -0.230. The first-order chi connectivity index (χ1) is 12.1. The number of fused-ring (bicyclic) bond motifs is 1. The number of rotatable bonds is 2. The SMILES string of the molecule is CC1CC(C)CN(C(=O)C2Cc3ccccc3N2c2cnccn2)C1. The summed E-state index contributed by atoms with van der Waals surface area (Å²) in [5.74, 6) is 2.06. The zero-order valence-electron chi connectivity index (χ0n) is 14.8. The average Bonchev–Trinajstić information content (AvgIpc) is 3.00. The van der Waals surface area contributed by atoms with Gasteiger partial charge in [-0.05, 0) is 29.9 Å². The number of carbonyl (C=O) groups excluding carboxylic acids is 1. The van der Waals surface area contributed by atoms with Crippen LogP contribution in [0.4, 0.5) is 11.5 Å². The van der Waals surface area contributed by atoms with Crippen molar-refractivity contribution >= 4 is 17.4 Å². The molecule has 0 saturated carbocycles. The highest BCUT2D eigenvalue weighted by Gasteiger charge is 2.39. The van der Waals surface area contributed by atoms with Crippen molar-refractivity contribution in [2.24, 2.45) is 11.8 Å². The molecule has 0 radical (unpaired) electrons. The van der Waals surface area contributed by atoms with Gasteiger partial charge in [-0.15, -0.1) is 0 Å². The first-order valence-corrected chi connectivity index (χ1v) is 9.05. The Labute approximate surface area is 148 Å². The smallest absolute Gasteiger partial charge is 0.246 e. The number of anilines is 2. The van der Waals surface area contributed by atoms with Gasteiger partial charge in [0, 0.05) is 37.6 Å². The Morgan fingerprint density at radius 3 is 2.60 bits per heavy atom. The number of piperidine rings is 1. The number of benzene rings is 1. The number of carbonyl (C=O) groups is 1. The van der Waals surface area contributed by atoms with Gasteiger partial charge < -0.3 is 9.80 Å². The quantitative estimate of drug-likeness (QED) is 0.846. The summed E-state index contributed by atoms with van der Waals surface area (Å²) >= 11 is 0. The maximum absolute atomic E-state index is 13.4. The van der Waals surface area contributed by atoms with Crippen LogP contribution in [0.1, 0.15) is 25.8 Å². The Morgan fingerprint density at radius 2 is 1.88 bits per heavy atom. The molecular weight excluding hydrogens is 312 g/mol. The average molecular weight is 336 g/mol. The summed E-state index contributed by atoms with van der Waals surface area (Å²) in [4.78, 5) is 26.2. The molecule has 3 heterocycles. The number of likely N-dealkylation sites (tertiary alicyclic amines) is 1. The first-order valence-electron chi connectivity index (χ1n) is 9.05. The second-order valence-corrected chi connectivity index (χ2v) is 7.47. The van der Waals surface area contributed by atoms with Crippen molar-refractivity contribution in [1.82, 2.24) is 14.9 Å². The second kappa shape index (κ2) is 6.47. The molecule has 4 rings (SSSR count). The summed E-state index contributed by atoms with van der Waals surface area (Å²) in [5.41, 5.74) is 2.27. The maximum atomic E-state index is 13.4. The third-order valence-corrected chi connectivity index (χ3v) is 5.24. The van der Waals surface area contributed by atoms with Crippen molar-refractivity contribution in [3.63, 3.8) is 0 Å². The standard InChI is InChI=1S/C20H24N4O/c1-14-9-15(2)13-23(12-14)20(25)18-10-16-5-3-4-6-17(16)24(18)19-11-21-7-8-22-19/h3-8,11,14-15,18H,9-10,12-13H2,1-2H3. The molecule has 3 unspecified atom stereocenters.